The van der Waals surface area contributed by atoms with Gasteiger partial charge < -0.3 is 14.9 Å². The normalized spacial score (nSPS) is 13.2. The number of rotatable bonds is 12. The van der Waals surface area contributed by atoms with Gasteiger partial charge in [-0.25, -0.2) is 4.79 Å². The third-order valence-electron chi connectivity index (χ3n) is 5.39. The summed E-state index contributed by atoms with van der Waals surface area (Å²) >= 11 is 0. The van der Waals surface area contributed by atoms with Crippen LogP contribution in [0.2, 0.25) is 0 Å². The lowest BCUT2D eigenvalue weighted by molar-refractivity contribution is 0.00980. The maximum absolute atomic E-state index is 12.5. The summed E-state index contributed by atoms with van der Waals surface area (Å²) in [4.78, 5) is 24.3. The Balaban J connectivity index is 1.75. The predicted octanol–water partition coefficient (Wildman–Crippen LogP) is 4.67. The molecule has 2 unspecified atom stereocenters. The van der Waals surface area contributed by atoms with Gasteiger partial charge in [-0.05, 0) is 64.0 Å². The number of hydrogen-bond donors (Lipinski definition) is 3. The third kappa shape index (κ3) is 10.2. The van der Waals surface area contributed by atoms with E-state index in [2.05, 4.69) is 17.4 Å². The Morgan fingerprint density at radius 3 is 2.18 bits per heavy atom. The van der Waals surface area contributed by atoms with Crippen molar-refractivity contribution >= 4 is 11.9 Å². The lowest BCUT2D eigenvalue weighted by atomic mass is 9.96. The minimum Gasteiger partial charge on any atom is -0.444 e. The van der Waals surface area contributed by atoms with Crippen LogP contribution in [0.5, 0.6) is 0 Å². The van der Waals surface area contributed by atoms with Gasteiger partial charge in [0.1, 0.15) is 11.8 Å². The molecule has 0 aromatic heterocycles. The van der Waals surface area contributed by atoms with E-state index < -0.39 is 23.8 Å². The zero-order valence-electron chi connectivity index (χ0n) is 19.9. The second kappa shape index (κ2) is 13.1. The van der Waals surface area contributed by atoms with Crippen LogP contribution in [0.1, 0.15) is 67.9 Å². The van der Waals surface area contributed by atoms with E-state index in [4.69, 9.17) is 4.74 Å². The van der Waals surface area contributed by atoms with E-state index in [0.29, 0.717) is 24.8 Å². The number of Topliss-reactive ketones (excluding diaryl/α,β-unsaturated/α-hetero) is 1. The van der Waals surface area contributed by atoms with E-state index in [-0.39, 0.29) is 12.4 Å². The van der Waals surface area contributed by atoms with Crippen molar-refractivity contribution in [1.29, 1.82) is 0 Å². The Morgan fingerprint density at radius 2 is 1.58 bits per heavy atom. The van der Waals surface area contributed by atoms with Crippen LogP contribution in [0.15, 0.2) is 54.6 Å². The van der Waals surface area contributed by atoms with Gasteiger partial charge in [-0.1, -0.05) is 54.6 Å². The van der Waals surface area contributed by atoms with Gasteiger partial charge >= 0.3 is 6.09 Å². The average molecular weight is 456 g/mol. The molecule has 33 heavy (non-hydrogen) atoms. The van der Waals surface area contributed by atoms with Crippen molar-refractivity contribution in [2.45, 2.75) is 71.1 Å². The summed E-state index contributed by atoms with van der Waals surface area (Å²) in [6, 6.07) is 17.7. The van der Waals surface area contributed by atoms with Crippen molar-refractivity contribution in [2.24, 2.45) is 5.92 Å². The highest BCUT2D eigenvalue weighted by Crippen LogP contribution is 2.16. The molecule has 0 spiro atoms. The number of benzene rings is 2. The number of alkyl carbamates (subject to hydrolysis) is 1. The molecule has 0 aliphatic rings. The Labute approximate surface area is 197 Å². The van der Waals surface area contributed by atoms with Crippen molar-refractivity contribution in [1.82, 2.24) is 5.32 Å². The standard InChI is InChI=1S/C27H37NO5/c1-27(2,3)33-26(32)28-25(31)23(19-29)18-15-21-13-16-22(17-14-21)24(30)12-8-7-11-20-9-5-4-6-10-20/h4-6,9-10,13-14,16-17,23,25,29,31H,7-8,11-12,15,18-19H2,1-3H3,(H,28,32). The lowest BCUT2D eigenvalue weighted by Crippen LogP contribution is -2.44. The SMILES string of the molecule is CC(C)(C)OC(=O)NC(O)C(CO)CCc1ccc(C(=O)CCCCc2ccccc2)cc1. The molecule has 0 fully saturated rings. The monoisotopic (exact) mass is 455 g/mol. The lowest BCUT2D eigenvalue weighted by Gasteiger charge is -2.25. The Bertz CT molecular complexity index is 858. The molecule has 0 radical (unpaired) electrons. The number of carbonyl (C=O) groups is 2. The molecule has 0 bridgehead atoms. The molecule has 6 heteroatoms. The van der Waals surface area contributed by atoms with Gasteiger partial charge in [0.2, 0.25) is 0 Å². The van der Waals surface area contributed by atoms with Crippen LogP contribution >= 0.6 is 0 Å². The van der Waals surface area contributed by atoms with Gasteiger partial charge in [0.25, 0.3) is 0 Å². The summed E-state index contributed by atoms with van der Waals surface area (Å²) < 4.78 is 5.14. The third-order valence-corrected chi connectivity index (χ3v) is 5.39. The summed E-state index contributed by atoms with van der Waals surface area (Å²) in [6.07, 6.45) is 2.49. The van der Waals surface area contributed by atoms with E-state index in [1.165, 1.54) is 5.56 Å². The van der Waals surface area contributed by atoms with Gasteiger partial charge in [-0.15, -0.1) is 0 Å². The van der Waals surface area contributed by atoms with Crippen molar-refractivity contribution in [3.8, 4) is 0 Å². The number of aliphatic hydroxyl groups excluding tert-OH is 2. The molecule has 3 N–H and O–H groups in total. The fraction of sp³-hybridized carbons (Fsp3) is 0.481. The van der Waals surface area contributed by atoms with Gasteiger partial charge in [-0.3, -0.25) is 10.1 Å². The number of unbranched alkanes of at least 4 members (excludes halogenated alkanes) is 1. The summed E-state index contributed by atoms with van der Waals surface area (Å²) in [7, 11) is 0. The number of nitrogens with one attached hydrogen (secondary N) is 1. The second-order valence-corrected chi connectivity index (χ2v) is 9.39. The van der Waals surface area contributed by atoms with E-state index in [1.54, 1.807) is 20.8 Å². The van der Waals surface area contributed by atoms with Crippen LogP contribution in [-0.4, -0.2) is 40.5 Å². The van der Waals surface area contributed by atoms with Crippen LogP contribution in [0, 0.1) is 5.92 Å². The molecule has 0 aliphatic heterocycles. The number of ketones is 1. The molecule has 180 valence electrons. The maximum atomic E-state index is 12.5. The average Bonchev–Trinajstić information content (AvgIpc) is 2.76. The zero-order chi connectivity index (χ0) is 24.3. The molecular weight excluding hydrogens is 418 g/mol. The minimum atomic E-state index is -1.21. The molecule has 0 saturated heterocycles. The number of ether oxygens (including phenoxy) is 1. The quantitative estimate of drug-likeness (QED) is 0.246. The van der Waals surface area contributed by atoms with Crippen LogP contribution in [0.3, 0.4) is 0 Å². The largest absolute Gasteiger partial charge is 0.444 e. The number of hydrogen-bond acceptors (Lipinski definition) is 5. The highest BCUT2D eigenvalue weighted by Gasteiger charge is 2.23. The summed E-state index contributed by atoms with van der Waals surface area (Å²) in [5, 5.41) is 22.2. The van der Waals surface area contributed by atoms with Gasteiger partial charge in [-0.2, -0.15) is 0 Å². The molecule has 6 nitrogen and oxygen atoms in total. The molecule has 2 atom stereocenters. The van der Waals surface area contributed by atoms with Crippen LogP contribution < -0.4 is 5.32 Å². The van der Waals surface area contributed by atoms with Crippen LogP contribution in [0.25, 0.3) is 0 Å². The Hall–Kier alpha value is -2.70. The van der Waals surface area contributed by atoms with Crippen molar-refractivity contribution in [2.75, 3.05) is 6.61 Å². The molecule has 2 aromatic rings. The molecule has 0 aliphatic carbocycles. The first-order chi connectivity index (χ1) is 15.7. The van der Waals surface area contributed by atoms with Gasteiger partial charge in [0, 0.05) is 17.9 Å². The number of carbonyl (C=O) groups excluding carboxylic acids is 2. The highest BCUT2D eigenvalue weighted by molar-refractivity contribution is 5.96. The van der Waals surface area contributed by atoms with E-state index in [1.807, 2.05) is 42.5 Å². The molecular formula is C27H37NO5. The minimum absolute atomic E-state index is 0.139. The highest BCUT2D eigenvalue weighted by atomic mass is 16.6. The van der Waals surface area contributed by atoms with E-state index >= 15 is 0 Å². The first-order valence-corrected chi connectivity index (χ1v) is 11.6. The Morgan fingerprint density at radius 1 is 0.939 bits per heavy atom. The predicted molar refractivity (Wildman–Crippen MR) is 129 cm³/mol. The molecule has 2 rings (SSSR count). The molecule has 1 amide bonds. The van der Waals surface area contributed by atoms with Gasteiger partial charge in [0.05, 0.1) is 6.61 Å². The van der Waals surface area contributed by atoms with Crippen molar-refractivity contribution < 1.29 is 24.5 Å². The number of aliphatic hydroxyl groups is 2. The van der Waals surface area contributed by atoms with Gasteiger partial charge in [0.15, 0.2) is 5.78 Å². The smallest absolute Gasteiger partial charge is 0.409 e. The topological polar surface area (TPSA) is 95.9 Å². The van der Waals surface area contributed by atoms with Crippen molar-refractivity contribution in [3.63, 3.8) is 0 Å². The summed E-state index contributed by atoms with van der Waals surface area (Å²) in [5.74, 6) is -0.386. The first-order valence-electron chi connectivity index (χ1n) is 11.6. The van der Waals surface area contributed by atoms with E-state index in [0.717, 1.165) is 24.8 Å². The zero-order valence-corrected chi connectivity index (χ0v) is 19.9. The van der Waals surface area contributed by atoms with Crippen LogP contribution in [-0.2, 0) is 17.6 Å². The molecule has 0 heterocycles. The number of aryl methyl sites for hydroxylation is 2. The maximum Gasteiger partial charge on any atom is 0.409 e. The summed E-state index contributed by atoms with van der Waals surface area (Å²) in [5.41, 5.74) is 2.32. The fourth-order valence-electron chi connectivity index (χ4n) is 3.51. The van der Waals surface area contributed by atoms with Crippen LogP contribution in [0.4, 0.5) is 4.79 Å². The second-order valence-electron chi connectivity index (χ2n) is 9.39. The molecule has 2 aromatic carbocycles. The molecule has 0 saturated carbocycles. The number of amides is 1. The summed E-state index contributed by atoms with van der Waals surface area (Å²) in [6.45, 7) is 4.95. The first kappa shape index (κ1) is 26.6. The fourth-order valence-corrected chi connectivity index (χ4v) is 3.51. The van der Waals surface area contributed by atoms with Crippen molar-refractivity contribution in [3.05, 3.63) is 71.3 Å². The Kier molecular flexibility index (Phi) is 10.6. The van der Waals surface area contributed by atoms with E-state index in [9.17, 15) is 19.8 Å².